The number of hydrogen-bond acceptors (Lipinski definition) is 3. The molecule has 100 valence electrons. The summed E-state index contributed by atoms with van der Waals surface area (Å²) in [5.74, 6) is 1.28. The summed E-state index contributed by atoms with van der Waals surface area (Å²) in [6.07, 6.45) is 5.31. The molecule has 1 aliphatic carbocycles. The highest BCUT2D eigenvalue weighted by Gasteiger charge is 2.44. The zero-order chi connectivity index (χ0) is 12.5. The van der Waals surface area contributed by atoms with Gasteiger partial charge >= 0.3 is 0 Å². The molecule has 2 rings (SSSR count). The normalized spacial score (nSPS) is 39.2. The van der Waals surface area contributed by atoms with Gasteiger partial charge in [0.25, 0.3) is 0 Å². The van der Waals surface area contributed by atoms with E-state index in [-0.39, 0.29) is 0 Å². The van der Waals surface area contributed by atoms with Gasteiger partial charge in [-0.15, -0.1) is 0 Å². The molecule has 2 N–H and O–H groups in total. The van der Waals surface area contributed by atoms with Crippen molar-refractivity contribution in [2.75, 3.05) is 25.4 Å². The van der Waals surface area contributed by atoms with Crippen molar-refractivity contribution in [3.05, 3.63) is 0 Å². The van der Waals surface area contributed by atoms with Crippen LogP contribution < -0.4 is 5.73 Å². The van der Waals surface area contributed by atoms with Crippen LogP contribution in [0.2, 0.25) is 0 Å². The van der Waals surface area contributed by atoms with Gasteiger partial charge in [0.2, 0.25) is 0 Å². The minimum Gasteiger partial charge on any atom is -0.329 e. The number of nitrogens with two attached hydrogens (primary N) is 1. The van der Waals surface area contributed by atoms with Crippen LogP contribution in [0, 0.1) is 5.41 Å². The molecule has 0 radical (unpaired) electrons. The molecule has 2 aliphatic rings. The Morgan fingerprint density at radius 3 is 2.71 bits per heavy atom. The molecule has 1 saturated heterocycles. The molecule has 1 saturated carbocycles. The summed E-state index contributed by atoms with van der Waals surface area (Å²) in [6.45, 7) is 10.5. The Labute approximate surface area is 111 Å². The van der Waals surface area contributed by atoms with Gasteiger partial charge in [0.15, 0.2) is 0 Å². The molecule has 2 atom stereocenters. The van der Waals surface area contributed by atoms with Crippen LogP contribution in [0.25, 0.3) is 0 Å². The number of nitrogens with zero attached hydrogens (tertiary/aromatic N) is 1. The minimum absolute atomic E-state index is 0.303. The predicted octanol–water partition coefficient (Wildman–Crippen LogP) is 2.72. The third-order valence-corrected chi connectivity index (χ3v) is 5.73. The van der Waals surface area contributed by atoms with Gasteiger partial charge < -0.3 is 5.73 Å². The third kappa shape index (κ3) is 2.99. The van der Waals surface area contributed by atoms with Gasteiger partial charge in [-0.1, -0.05) is 27.2 Å². The fourth-order valence-corrected chi connectivity index (χ4v) is 4.80. The van der Waals surface area contributed by atoms with E-state index in [1.54, 1.807) is 0 Å². The lowest BCUT2D eigenvalue weighted by molar-refractivity contribution is 0.0126. The highest BCUT2D eigenvalue weighted by atomic mass is 32.2. The van der Waals surface area contributed by atoms with Crippen LogP contribution in [-0.2, 0) is 0 Å². The molecular formula is C14H28N2S. The monoisotopic (exact) mass is 256 g/mol. The van der Waals surface area contributed by atoms with E-state index in [9.17, 15) is 0 Å². The van der Waals surface area contributed by atoms with Gasteiger partial charge in [-0.05, 0) is 24.7 Å². The largest absolute Gasteiger partial charge is 0.329 e. The summed E-state index contributed by atoms with van der Waals surface area (Å²) in [6, 6.07) is 0. The molecule has 0 spiro atoms. The standard InChI is InChI=1S/C14H28N2S/c1-12-9-16(7-8-17-12)14(11-15)6-4-5-13(2,3)10-14/h12H,4-11,15H2,1-3H3. The predicted molar refractivity (Wildman–Crippen MR) is 77.5 cm³/mol. The van der Waals surface area contributed by atoms with Crippen molar-refractivity contribution in [3.8, 4) is 0 Å². The highest BCUT2D eigenvalue weighted by molar-refractivity contribution is 7.99. The molecule has 1 heterocycles. The zero-order valence-corrected chi connectivity index (χ0v) is 12.5. The lowest BCUT2D eigenvalue weighted by Gasteiger charge is -2.53. The van der Waals surface area contributed by atoms with E-state index in [0.717, 1.165) is 11.8 Å². The highest BCUT2D eigenvalue weighted by Crippen LogP contribution is 2.44. The van der Waals surface area contributed by atoms with E-state index in [1.165, 1.54) is 44.5 Å². The Hall–Kier alpha value is 0.270. The van der Waals surface area contributed by atoms with Gasteiger partial charge in [-0.2, -0.15) is 11.8 Å². The molecule has 2 fully saturated rings. The van der Waals surface area contributed by atoms with E-state index in [0.29, 0.717) is 11.0 Å². The average molecular weight is 256 g/mol. The molecule has 0 bridgehead atoms. The molecule has 0 aromatic rings. The molecule has 2 unspecified atom stereocenters. The average Bonchev–Trinajstić information content (AvgIpc) is 2.27. The summed E-state index contributed by atoms with van der Waals surface area (Å²) in [7, 11) is 0. The summed E-state index contributed by atoms with van der Waals surface area (Å²) in [5.41, 5.74) is 6.97. The second-order valence-electron chi connectivity index (χ2n) is 6.75. The zero-order valence-electron chi connectivity index (χ0n) is 11.7. The Morgan fingerprint density at radius 1 is 1.35 bits per heavy atom. The fourth-order valence-electron chi connectivity index (χ4n) is 3.79. The first kappa shape index (κ1) is 13.7. The molecule has 0 amide bonds. The van der Waals surface area contributed by atoms with Gasteiger partial charge in [-0.3, -0.25) is 4.90 Å². The van der Waals surface area contributed by atoms with Crippen LogP contribution >= 0.6 is 11.8 Å². The van der Waals surface area contributed by atoms with Crippen LogP contribution in [0.5, 0.6) is 0 Å². The Bertz CT molecular complexity index is 267. The molecule has 17 heavy (non-hydrogen) atoms. The van der Waals surface area contributed by atoms with E-state index in [1.807, 2.05) is 0 Å². The van der Waals surface area contributed by atoms with E-state index in [2.05, 4.69) is 37.4 Å². The lowest BCUT2D eigenvalue weighted by Crippen LogP contribution is -2.60. The van der Waals surface area contributed by atoms with Crippen molar-refractivity contribution >= 4 is 11.8 Å². The second-order valence-corrected chi connectivity index (χ2v) is 8.30. The van der Waals surface area contributed by atoms with Crippen molar-refractivity contribution in [2.45, 2.75) is 57.2 Å². The Kier molecular flexibility index (Phi) is 4.11. The van der Waals surface area contributed by atoms with E-state index >= 15 is 0 Å². The lowest BCUT2D eigenvalue weighted by atomic mass is 9.67. The maximum atomic E-state index is 6.19. The van der Waals surface area contributed by atoms with Gasteiger partial charge in [-0.25, -0.2) is 0 Å². The maximum Gasteiger partial charge on any atom is 0.0337 e. The molecule has 0 aromatic heterocycles. The minimum atomic E-state index is 0.303. The Balaban J connectivity index is 2.12. The molecular weight excluding hydrogens is 228 g/mol. The van der Waals surface area contributed by atoms with Crippen molar-refractivity contribution in [1.29, 1.82) is 0 Å². The molecule has 2 nitrogen and oxygen atoms in total. The summed E-state index contributed by atoms with van der Waals surface area (Å²) in [4.78, 5) is 2.72. The second kappa shape index (κ2) is 5.10. The molecule has 1 aliphatic heterocycles. The van der Waals surface area contributed by atoms with Crippen LogP contribution in [-0.4, -0.2) is 41.1 Å². The molecule has 3 heteroatoms. The van der Waals surface area contributed by atoms with Crippen molar-refractivity contribution in [3.63, 3.8) is 0 Å². The smallest absolute Gasteiger partial charge is 0.0337 e. The Morgan fingerprint density at radius 2 is 2.12 bits per heavy atom. The van der Waals surface area contributed by atoms with Gasteiger partial charge in [0.05, 0.1) is 0 Å². The van der Waals surface area contributed by atoms with Crippen LogP contribution in [0.15, 0.2) is 0 Å². The van der Waals surface area contributed by atoms with Crippen molar-refractivity contribution < 1.29 is 0 Å². The first-order valence-corrected chi connectivity index (χ1v) is 8.09. The van der Waals surface area contributed by atoms with Crippen LogP contribution in [0.3, 0.4) is 0 Å². The van der Waals surface area contributed by atoms with Gasteiger partial charge in [0.1, 0.15) is 0 Å². The topological polar surface area (TPSA) is 29.3 Å². The first-order chi connectivity index (χ1) is 7.97. The van der Waals surface area contributed by atoms with Crippen molar-refractivity contribution in [1.82, 2.24) is 4.90 Å². The van der Waals surface area contributed by atoms with Crippen LogP contribution in [0.4, 0.5) is 0 Å². The van der Waals surface area contributed by atoms with E-state index < -0.39 is 0 Å². The third-order valence-electron chi connectivity index (χ3n) is 4.60. The quantitative estimate of drug-likeness (QED) is 0.824. The van der Waals surface area contributed by atoms with E-state index in [4.69, 9.17) is 5.73 Å². The first-order valence-electron chi connectivity index (χ1n) is 7.04. The maximum absolute atomic E-state index is 6.19. The SMILES string of the molecule is CC1CN(C2(CN)CCCC(C)(C)C2)CCS1. The fraction of sp³-hybridized carbons (Fsp3) is 1.00. The number of rotatable bonds is 2. The summed E-state index contributed by atoms with van der Waals surface area (Å²) < 4.78 is 0. The van der Waals surface area contributed by atoms with Gasteiger partial charge in [0, 0.05) is 36.2 Å². The summed E-state index contributed by atoms with van der Waals surface area (Å²) in [5, 5.41) is 0.775. The molecule has 0 aromatic carbocycles. The van der Waals surface area contributed by atoms with Crippen LogP contribution in [0.1, 0.15) is 46.5 Å². The number of hydrogen-bond donors (Lipinski definition) is 1. The summed E-state index contributed by atoms with van der Waals surface area (Å²) >= 11 is 2.11. The number of thioether (sulfide) groups is 1. The van der Waals surface area contributed by atoms with Crippen molar-refractivity contribution in [2.24, 2.45) is 11.1 Å².